The first-order chi connectivity index (χ1) is 6.74. The van der Waals surface area contributed by atoms with Crippen LogP contribution in [0.5, 0.6) is 0 Å². The molecular formula is C9H11NO2S2. The summed E-state index contributed by atoms with van der Waals surface area (Å²) in [7, 11) is 0. The molecule has 1 heterocycles. The van der Waals surface area contributed by atoms with Gasteiger partial charge >= 0.3 is 5.97 Å². The number of carbonyl (C=O) groups is 1. The number of hydrogen-bond donors (Lipinski definition) is 0. The molecule has 0 saturated heterocycles. The van der Waals surface area contributed by atoms with Crippen LogP contribution in [0, 0.1) is 0 Å². The molecule has 0 fully saturated rings. The lowest BCUT2D eigenvalue weighted by Crippen LogP contribution is -2.10. The van der Waals surface area contributed by atoms with Crippen molar-refractivity contribution in [1.82, 2.24) is 4.57 Å². The molecule has 14 heavy (non-hydrogen) atoms. The zero-order valence-electron chi connectivity index (χ0n) is 7.80. The maximum Gasteiger partial charge on any atom is 0.316 e. The smallest absolute Gasteiger partial charge is 0.316 e. The predicted octanol–water partition coefficient (Wildman–Crippen LogP) is 1.92. The van der Waals surface area contributed by atoms with E-state index in [-0.39, 0.29) is 11.7 Å². The molecule has 0 saturated carbocycles. The highest BCUT2D eigenvalue weighted by Crippen LogP contribution is 2.07. The van der Waals surface area contributed by atoms with Crippen LogP contribution >= 0.6 is 24.0 Å². The van der Waals surface area contributed by atoms with Gasteiger partial charge in [0.2, 0.25) is 0 Å². The molecule has 0 aliphatic rings. The SMILES string of the molecule is CCOC(=O)CSC(=S)n1cccc1. The summed E-state index contributed by atoms with van der Waals surface area (Å²) in [6.45, 7) is 2.20. The maximum atomic E-state index is 11.0. The second kappa shape index (κ2) is 5.82. The van der Waals surface area contributed by atoms with E-state index < -0.39 is 0 Å². The third-order valence-electron chi connectivity index (χ3n) is 1.43. The lowest BCUT2D eigenvalue weighted by Gasteiger charge is -2.04. The van der Waals surface area contributed by atoms with Gasteiger partial charge in [0.1, 0.15) is 4.32 Å². The van der Waals surface area contributed by atoms with Crippen molar-refractivity contribution >= 4 is 34.3 Å². The van der Waals surface area contributed by atoms with Crippen molar-refractivity contribution < 1.29 is 9.53 Å². The van der Waals surface area contributed by atoms with Gasteiger partial charge in [-0.05, 0) is 19.1 Å². The van der Waals surface area contributed by atoms with E-state index in [0.717, 1.165) is 0 Å². The van der Waals surface area contributed by atoms with Crippen molar-refractivity contribution in [3.8, 4) is 0 Å². The van der Waals surface area contributed by atoms with Crippen molar-refractivity contribution in [2.24, 2.45) is 0 Å². The molecule has 1 rings (SSSR count). The number of aromatic nitrogens is 1. The summed E-state index contributed by atoms with van der Waals surface area (Å²) >= 11 is 6.40. The number of esters is 1. The molecule has 1 aromatic heterocycles. The maximum absolute atomic E-state index is 11.0. The molecule has 1 aromatic rings. The largest absolute Gasteiger partial charge is 0.465 e. The van der Waals surface area contributed by atoms with E-state index in [4.69, 9.17) is 17.0 Å². The van der Waals surface area contributed by atoms with Gasteiger partial charge in [-0.2, -0.15) is 0 Å². The molecule has 5 heteroatoms. The van der Waals surface area contributed by atoms with Crippen LogP contribution in [-0.4, -0.2) is 27.2 Å². The highest BCUT2D eigenvalue weighted by molar-refractivity contribution is 8.23. The molecule has 0 spiro atoms. The normalized spacial score (nSPS) is 9.79. The van der Waals surface area contributed by atoms with E-state index >= 15 is 0 Å². The lowest BCUT2D eigenvalue weighted by atomic mass is 10.7. The van der Waals surface area contributed by atoms with Crippen LogP contribution in [0.2, 0.25) is 0 Å². The van der Waals surface area contributed by atoms with Crippen molar-refractivity contribution in [3.05, 3.63) is 24.5 Å². The summed E-state index contributed by atoms with van der Waals surface area (Å²) in [6.07, 6.45) is 3.70. The Bertz CT molecular complexity index is 309. The van der Waals surface area contributed by atoms with Crippen LogP contribution in [0.3, 0.4) is 0 Å². The minimum absolute atomic E-state index is 0.230. The highest BCUT2D eigenvalue weighted by Gasteiger charge is 2.05. The van der Waals surface area contributed by atoms with Crippen LogP contribution in [0.1, 0.15) is 6.92 Å². The third kappa shape index (κ3) is 3.51. The first kappa shape index (κ1) is 11.3. The Labute approximate surface area is 92.4 Å². The quantitative estimate of drug-likeness (QED) is 0.585. The van der Waals surface area contributed by atoms with E-state index in [1.165, 1.54) is 11.8 Å². The van der Waals surface area contributed by atoms with Gasteiger partial charge in [-0.25, -0.2) is 0 Å². The summed E-state index contributed by atoms with van der Waals surface area (Å²) in [5.74, 6) is 0.0391. The van der Waals surface area contributed by atoms with Crippen molar-refractivity contribution in [3.63, 3.8) is 0 Å². The van der Waals surface area contributed by atoms with Crippen molar-refractivity contribution in [1.29, 1.82) is 0 Å². The van der Waals surface area contributed by atoms with E-state index in [9.17, 15) is 4.79 Å². The topological polar surface area (TPSA) is 31.2 Å². The summed E-state index contributed by atoms with van der Waals surface area (Å²) in [4.78, 5) is 11.0. The zero-order valence-corrected chi connectivity index (χ0v) is 9.44. The van der Waals surface area contributed by atoms with Crippen LogP contribution in [0.15, 0.2) is 24.5 Å². The van der Waals surface area contributed by atoms with Crippen LogP contribution in [0.25, 0.3) is 0 Å². The number of thioether (sulfide) groups is 1. The van der Waals surface area contributed by atoms with Gasteiger partial charge in [0, 0.05) is 12.4 Å². The number of nitrogens with zero attached hydrogens (tertiary/aromatic N) is 1. The Morgan fingerprint density at radius 1 is 1.50 bits per heavy atom. The van der Waals surface area contributed by atoms with Crippen molar-refractivity contribution in [2.75, 3.05) is 12.4 Å². The van der Waals surface area contributed by atoms with E-state index in [1.807, 2.05) is 24.5 Å². The summed E-state index contributed by atoms with van der Waals surface area (Å²) in [6, 6.07) is 3.77. The molecule has 0 aromatic carbocycles. The second-order valence-electron chi connectivity index (χ2n) is 2.45. The van der Waals surface area contributed by atoms with Gasteiger partial charge in [0.15, 0.2) is 0 Å². The Morgan fingerprint density at radius 3 is 2.71 bits per heavy atom. The van der Waals surface area contributed by atoms with E-state index in [2.05, 4.69) is 0 Å². The molecular weight excluding hydrogens is 218 g/mol. The molecule has 0 aliphatic carbocycles. The molecule has 0 radical (unpaired) electrons. The Morgan fingerprint density at radius 2 is 2.14 bits per heavy atom. The third-order valence-corrected chi connectivity index (χ3v) is 2.84. The number of thiocarbonyl (C=S) groups is 1. The van der Waals surface area contributed by atoms with Gasteiger partial charge < -0.3 is 9.30 Å². The molecule has 76 valence electrons. The van der Waals surface area contributed by atoms with Crippen LogP contribution < -0.4 is 0 Å². The van der Waals surface area contributed by atoms with E-state index in [0.29, 0.717) is 10.9 Å². The summed E-state index contributed by atoms with van der Waals surface area (Å²) in [5, 5.41) is 0. The molecule has 0 aliphatic heterocycles. The fourth-order valence-corrected chi connectivity index (χ4v) is 1.75. The lowest BCUT2D eigenvalue weighted by molar-refractivity contribution is -0.139. The Hall–Kier alpha value is -0.810. The average molecular weight is 229 g/mol. The Kier molecular flexibility index (Phi) is 4.69. The number of ether oxygens (including phenoxy) is 1. The van der Waals surface area contributed by atoms with Crippen LogP contribution in [0.4, 0.5) is 0 Å². The molecule has 0 unspecified atom stereocenters. The van der Waals surface area contributed by atoms with Gasteiger partial charge in [0.25, 0.3) is 0 Å². The molecule has 0 amide bonds. The van der Waals surface area contributed by atoms with Gasteiger partial charge in [-0.1, -0.05) is 24.0 Å². The monoisotopic (exact) mass is 229 g/mol. The molecule has 0 atom stereocenters. The average Bonchev–Trinajstić information content (AvgIpc) is 2.67. The van der Waals surface area contributed by atoms with Gasteiger partial charge in [-0.3, -0.25) is 4.79 Å². The first-order valence-electron chi connectivity index (χ1n) is 4.19. The number of carbonyl (C=O) groups excluding carboxylic acids is 1. The molecule has 0 N–H and O–H groups in total. The second-order valence-corrected chi connectivity index (χ2v) is 4.06. The first-order valence-corrected chi connectivity index (χ1v) is 5.59. The predicted molar refractivity (Wildman–Crippen MR) is 61.5 cm³/mol. The van der Waals surface area contributed by atoms with Crippen molar-refractivity contribution in [2.45, 2.75) is 6.92 Å². The highest BCUT2D eigenvalue weighted by atomic mass is 32.2. The van der Waals surface area contributed by atoms with Gasteiger partial charge in [-0.15, -0.1) is 0 Å². The summed E-state index contributed by atoms with van der Waals surface area (Å²) < 4.78 is 7.23. The number of rotatable bonds is 3. The van der Waals surface area contributed by atoms with Gasteiger partial charge in [0.05, 0.1) is 12.4 Å². The Balaban J connectivity index is 2.32. The summed E-state index contributed by atoms with van der Waals surface area (Å²) in [5.41, 5.74) is 0. The fraction of sp³-hybridized carbons (Fsp3) is 0.333. The standard InChI is InChI=1S/C9H11NO2S2/c1-2-12-8(11)7-14-9(13)10-5-3-4-6-10/h3-6H,2,7H2,1H3. The zero-order chi connectivity index (χ0) is 10.4. The molecule has 3 nitrogen and oxygen atoms in total. The number of hydrogen-bond acceptors (Lipinski definition) is 4. The molecule has 0 bridgehead atoms. The fourth-order valence-electron chi connectivity index (χ4n) is 0.854. The van der Waals surface area contributed by atoms with E-state index in [1.54, 1.807) is 11.5 Å². The van der Waals surface area contributed by atoms with Crippen LogP contribution in [-0.2, 0) is 9.53 Å². The minimum atomic E-state index is -0.230. The minimum Gasteiger partial charge on any atom is -0.465 e.